The monoisotopic (exact) mass is 739 g/mol. The van der Waals surface area contributed by atoms with Crippen LogP contribution in [0.5, 0.6) is 11.5 Å². The third-order valence-electron chi connectivity index (χ3n) is 10.3. The molecular formula is C36H29F4N3O6S2. The van der Waals surface area contributed by atoms with Crippen LogP contribution < -0.4 is 24.6 Å². The number of hydrogen-bond acceptors (Lipinski definition) is 8. The van der Waals surface area contributed by atoms with Gasteiger partial charge in [0.25, 0.3) is 5.91 Å². The summed E-state index contributed by atoms with van der Waals surface area (Å²) in [5.74, 6) is -3.13. The molecule has 6 unspecified atom stereocenters. The summed E-state index contributed by atoms with van der Waals surface area (Å²) >= 11 is 2.65. The van der Waals surface area contributed by atoms with Crippen LogP contribution in [0.3, 0.4) is 0 Å². The molecule has 264 valence electrons. The van der Waals surface area contributed by atoms with E-state index in [-0.39, 0.29) is 63.7 Å². The summed E-state index contributed by atoms with van der Waals surface area (Å²) in [5.41, 5.74) is -0.239. The number of imide groups is 1. The number of nitrogens with zero attached hydrogens (tertiary/aromatic N) is 1. The van der Waals surface area contributed by atoms with Gasteiger partial charge in [0.15, 0.2) is 18.1 Å². The van der Waals surface area contributed by atoms with E-state index >= 15 is 0 Å². The molecule has 0 radical (unpaired) electrons. The Kier molecular flexibility index (Phi) is 8.24. The Morgan fingerprint density at radius 3 is 2.41 bits per heavy atom. The van der Waals surface area contributed by atoms with Crippen molar-refractivity contribution in [1.29, 1.82) is 0 Å². The minimum atomic E-state index is -4.66. The van der Waals surface area contributed by atoms with E-state index in [1.54, 1.807) is 36.9 Å². The molecule has 3 amide bonds. The highest BCUT2D eigenvalue weighted by Crippen LogP contribution is 2.68. The molecular weight excluding hydrogens is 711 g/mol. The van der Waals surface area contributed by atoms with Gasteiger partial charge in [-0.3, -0.25) is 24.1 Å². The van der Waals surface area contributed by atoms with E-state index in [1.165, 1.54) is 41.3 Å². The molecule has 3 heterocycles. The number of rotatable bonds is 8. The number of aromatic nitrogens is 1. The van der Waals surface area contributed by atoms with Crippen LogP contribution >= 0.6 is 23.1 Å². The maximum absolute atomic E-state index is 14.0. The number of thiazole rings is 1. The highest BCUT2D eigenvalue weighted by Gasteiger charge is 2.69. The maximum atomic E-state index is 14.0. The minimum absolute atomic E-state index is 0.0707. The van der Waals surface area contributed by atoms with Crippen molar-refractivity contribution >= 4 is 52.2 Å². The molecule has 1 saturated heterocycles. The number of nitrogens with one attached hydrogen (secondary N) is 2. The number of carbonyl (C=O) groups excluding carboxylic acids is 3. The van der Waals surface area contributed by atoms with Gasteiger partial charge in [-0.25, -0.2) is 4.39 Å². The van der Waals surface area contributed by atoms with Crippen molar-refractivity contribution in [3.8, 4) is 11.5 Å². The van der Waals surface area contributed by atoms with E-state index < -0.39 is 41.9 Å². The first kappa shape index (κ1) is 33.5. The summed E-state index contributed by atoms with van der Waals surface area (Å²) in [5, 5.41) is 2.92. The summed E-state index contributed by atoms with van der Waals surface area (Å²) in [4.78, 5) is 57.9. The number of benzene rings is 3. The number of amides is 3. The van der Waals surface area contributed by atoms with Gasteiger partial charge in [-0.1, -0.05) is 29.5 Å². The molecule has 9 nitrogen and oxygen atoms in total. The fourth-order valence-electron chi connectivity index (χ4n) is 8.51. The number of ether oxygens (including phenoxy) is 2. The first-order valence-corrected chi connectivity index (χ1v) is 18.0. The summed E-state index contributed by atoms with van der Waals surface area (Å²) in [6.07, 6.45) is -3.98. The molecule has 51 heavy (non-hydrogen) atoms. The van der Waals surface area contributed by atoms with Crippen LogP contribution in [-0.2, 0) is 20.6 Å². The van der Waals surface area contributed by atoms with Gasteiger partial charge >= 0.3 is 11.0 Å². The molecule has 2 aliphatic carbocycles. The lowest BCUT2D eigenvalue weighted by Gasteiger charge is -2.43. The number of para-hydroxylation sites is 1. The lowest BCUT2D eigenvalue weighted by atomic mass is 9.68. The summed E-state index contributed by atoms with van der Waals surface area (Å²) in [7, 11) is 0. The van der Waals surface area contributed by atoms with Gasteiger partial charge in [0.05, 0.1) is 40.4 Å². The molecule has 3 fully saturated rings. The van der Waals surface area contributed by atoms with Crippen LogP contribution in [0.15, 0.2) is 76.6 Å². The lowest BCUT2D eigenvalue weighted by molar-refractivity contribution is -0.137. The molecule has 4 aromatic rings. The third-order valence-corrected chi connectivity index (χ3v) is 12.9. The largest absolute Gasteiger partial charge is 0.490 e. The van der Waals surface area contributed by atoms with E-state index in [4.69, 9.17) is 9.47 Å². The predicted octanol–water partition coefficient (Wildman–Crippen LogP) is 6.69. The number of thioether (sulfide) groups is 1. The Balaban J connectivity index is 1.08. The van der Waals surface area contributed by atoms with E-state index in [1.807, 2.05) is 0 Å². The van der Waals surface area contributed by atoms with Crippen molar-refractivity contribution in [2.45, 2.75) is 35.7 Å². The Hall–Kier alpha value is -4.63. The molecule has 2 N–H and O–H groups in total. The second-order valence-corrected chi connectivity index (χ2v) is 15.2. The van der Waals surface area contributed by atoms with Gasteiger partial charge in [0.2, 0.25) is 11.8 Å². The van der Waals surface area contributed by atoms with Crippen molar-refractivity contribution in [2.24, 2.45) is 29.6 Å². The van der Waals surface area contributed by atoms with Gasteiger partial charge in [-0.05, 0) is 85.2 Å². The quantitative estimate of drug-likeness (QED) is 0.153. The zero-order valence-corrected chi connectivity index (χ0v) is 28.4. The van der Waals surface area contributed by atoms with E-state index in [0.29, 0.717) is 17.9 Å². The van der Waals surface area contributed by atoms with Gasteiger partial charge < -0.3 is 19.8 Å². The van der Waals surface area contributed by atoms with Crippen LogP contribution in [0.2, 0.25) is 0 Å². The molecule has 0 spiro atoms. The molecule has 2 saturated carbocycles. The molecule has 3 aromatic carbocycles. The smallest absolute Gasteiger partial charge is 0.418 e. The average molecular weight is 740 g/mol. The normalized spacial score (nSPS) is 26.1. The standard InChI is InChI=1S/C36H29F4N3O6S2/c1-2-48-24-13-16(7-12-23(24)49-15-25(44)41-22-6-4-3-5-21(22)36(38,39)40)26-27-19-14-20(30(27)50-32-31(26)51-35(47)42-32)29-28(19)33(45)43(34(29)46)18-10-8-17(37)9-11-18/h3-13,19-20,26-30H,2,14-15H2,1H3,(H,41,44)(H,42,47)/t19?,20?,26-,27?,28?,29?,30?/m1/s1. The number of alkyl halides is 3. The average Bonchev–Trinajstić information content (AvgIpc) is 3.83. The van der Waals surface area contributed by atoms with Crippen molar-refractivity contribution in [1.82, 2.24) is 4.98 Å². The number of hydrogen-bond donors (Lipinski definition) is 2. The van der Waals surface area contributed by atoms with Gasteiger partial charge in [0, 0.05) is 16.0 Å². The molecule has 4 aliphatic rings. The van der Waals surface area contributed by atoms with Crippen molar-refractivity contribution < 1.29 is 41.4 Å². The first-order valence-electron chi connectivity index (χ1n) is 16.3. The Morgan fingerprint density at radius 1 is 0.961 bits per heavy atom. The van der Waals surface area contributed by atoms with Crippen molar-refractivity contribution in [2.75, 3.05) is 23.4 Å². The number of anilines is 2. The molecule has 2 bridgehead atoms. The first-order chi connectivity index (χ1) is 24.4. The minimum Gasteiger partial charge on any atom is -0.490 e. The fraction of sp³-hybridized carbons (Fsp3) is 0.333. The highest BCUT2D eigenvalue weighted by molar-refractivity contribution is 8.00. The predicted molar refractivity (Wildman–Crippen MR) is 181 cm³/mol. The summed E-state index contributed by atoms with van der Waals surface area (Å²) in [6, 6.07) is 15.2. The Labute approximate surface area is 296 Å². The number of fused-ring (bicyclic) bond motifs is 9. The second kappa shape index (κ2) is 12.5. The van der Waals surface area contributed by atoms with Crippen LogP contribution in [0.4, 0.5) is 28.9 Å². The molecule has 7 atom stereocenters. The van der Waals surface area contributed by atoms with Crippen LogP contribution in [0.1, 0.15) is 35.3 Å². The molecule has 1 aromatic heterocycles. The van der Waals surface area contributed by atoms with E-state index in [2.05, 4.69) is 10.3 Å². The highest BCUT2D eigenvalue weighted by atomic mass is 32.2. The van der Waals surface area contributed by atoms with Gasteiger partial charge in [0.1, 0.15) is 5.82 Å². The maximum Gasteiger partial charge on any atom is 0.418 e. The van der Waals surface area contributed by atoms with E-state index in [9.17, 15) is 36.7 Å². The van der Waals surface area contributed by atoms with Crippen LogP contribution in [0.25, 0.3) is 0 Å². The molecule has 15 heteroatoms. The van der Waals surface area contributed by atoms with E-state index in [0.717, 1.165) is 38.9 Å². The zero-order chi connectivity index (χ0) is 35.8. The van der Waals surface area contributed by atoms with Crippen molar-refractivity contribution in [3.05, 3.63) is 98.2 Å². The zero-order valence-electron chi connectivity index (χ0n) is 26.7. The van der Waals surface area contributed by atoms with Crippen LogP contribution in [-0.4, -0.2) is 41.2 Å². The number of aromatic amines is 1. The molecule has 8 rings (SSSR count). The van der Waals surface area contributed by atoms with Gasteiger partial charge in [-0.15, -0.1) is 11.8 Å². The SMILES string of the molecule is CCOc1cc([C@H]2c3sc(=O)[nH]c3SC3C4CC(C5C(=O)N(c6ccc(F)cc6)C(=O)C45)C32)ccc1OCC(=O)Nc1ccccc1C(F)(F)F. The Morgan fingerprint density at radius 2 is 1.69 bits per heavy atom. The van der Waals surface area contributed by atoms with Crippen molar-refractivity contribution in [3.63, 3.8) is 0 Å². The topological polar surface area (TPSA) is 118 Å². The van der Waals surface area contributed by atoms with Crippen LogP contribution in [0, 0.1) is 35.4 Å². The summed E-state index contributed by atoms with van der Waals surface area (Å²) < 4.78 is 65.7. The number of H-pyrrole nitrogens is 1. The number of carbonyl (C=O) groups is 3. The third kappa shape index (κ3) is 5.61. The summed E-state index contributed by atoms with van der Waals surface area (Å²) in [6.45, 7) is 1.42. The Bertz CT molecular complexity index is 2120. The molecule has 2 aliphatic heterocycles. The van der Waals surface area contributed by atoms with Gasteiger partial charge in [-0.2, -0.15) is 13.2 Å². The lowest BCUT2D eigenvalue weighted by Crippen LogP contribution is -2.42. The second-order valence-electron chi connectivity index (χ2n) is 13.0. The fourth-order valence-corrected chi connectivity index (χ4v) is 11.4. The number of halogens is 4.